The molecule has 3 atom stereocenters. The number of rotatable bonds is 13. The maximum Gasteiger partial charge on any atom is 0.0700 e. The Labute approximate surface area is 464 Å². The first-order valence-electron chi connectivity index (χ1n) is 29.5. The SMILES string of the molecule is COCCOCCN1CC2C3=c4c5c6c7c(cc8cc9cc%10cc%11cc%12c%13c(c4c4c5c5c7c8c7c9c%10c8c%11c%13c4c8c75)=C(C3)C%12)CC62C1c1ccc(N(c2ccccc2)c2ccc(N(c3ccccc3)c3ccccc3)cc2)cc1. The van der Waals surface area contributed by atoms with Crippen molar-refractivity contribution >= 4 is 164 Å². The van der Waals surface area contributed by atoms with Gasteiger partial charge in [-0.1, -0.05) is 90.0 Å². The lowest BCUT2D eigenvalue weighted by Crippen LogP contribution is -2.44. The number of benzene rings is 13. The number of fused-ring (bicyclic) bond motifs is 1. The second-order valence-corrected chi connectivity index (χ2v) is 25.0. The number of methoxy groups -OCH3 is 1. The van der Waals surface area contributed by atoms with Crippen LogP contribution in [0.4, 0.5) is 34.1 Å². The molecule has 0 saturated carbocycles. The molecule has 1 fully saturated rings. The molecule has 0 radical (unpaired) electrons. The van der Waals surface area contributed by atoms with Crippen LogP contribution in [-0.2, 0) is 27.7 Å². The first-order chi connectivity index (χ1) is 40.2. The van der Waals surface area contributed by atoms with Crippen molar-refractivity contribution in [3.8, 4) is 0 Å². The van der Waals surface area contributed by atoms with Crippen LogP contribution in [0.5, 0.6) is 0 Å². The van der Waals surface area contributed by atoms with E-state index in [4.69, 9.17) is 9.47 Å². The Morgan fingerprint density at radius 1 is 0.432 bits per heavy atom. The zero-order valence-electron chi connectivity index (χ0n) is 44.6. The summed E-state index contributed by atoms with van der Waals surface area (Å²) in [5, 5.41) is 37.5. The van der Waals surface area contributed by atoms with Crippen LogP contribution >= 0.6 is 0 Å². The van der Waals surface area contributed by atoms with Gasteiger partial charge in [-0.15, -0.1) is 0 Å². The molecule has 81 heavy (non-hydrogen) atoms. The lowest BCUT2D eigenvalue weighted by Gasteiger charge is -2.43. The zero-order valence-corrected chi connectivity index (χ0v) is 44.6. The molecule has 17 aromatic rings. The molecule has 1 aliphatic heterocycles. The summed E-state index contributed by atoms with van der Waals surface area (Å²) in [5.41, 5.74) is 16.2. The Kier molecular flexibility index (Phi) is 7.28. The number of likely N-dealkylation sites (tertiary alicyclic amines) is 1. The lowest BCUT2D eigenvalue weighted by atomic mass is 9.60. The van der Waals surface area contributed by atoms with Crippen molar-refractivity contribution in [2.24, 2.45) is 5.92 Å². The summed E-state index contributed by atoms with van der Waals surface area (Å²) in [4.78, 5) is 7.66. The van der Waals surface area contributed by atoms with Gasteiger partial charge in [-0.3, -0.25) is 4.90 Å². The molecule has 5 heteroatoms. The molecule has 4 aliphatic carbocycles. The second-order valence-electron chi connectivity index (χ2n) is 25.0. The summed E-state index contributed by atoms with van der Waals surface area (Å²) in [6.07, 6.45) is 3.17. The van der Waals surface area contributed by atoms with Gasteiger partial charge < -0.3 is 19.3 Å². The Hall–Kier alpha value is -8.84. The minimum atomic E-state index is -0.175. The quantitative estimate of drug-likeness (QED) is 0.0848. The van der Waals surface area contributed by atoms with Crippen LogP contribution in [-0.4, -0.2) is 44.9 Å². The van der Waals surface area contributed by atoms with Crippen molar-refractivity contribution < 1.29 is 9.47 Å². The van der Waals surface area contributed by atoms with Gasteiger partial charge in [0.25, 0.3) is 0 Å². The van der Waals surface area contributed by atoms with Gasteiger partial charge in [0.1, 0.15) is 0 Å². The summed E-state index contributed by atoms with van der Waals surface area (Å²) in [7, 11) is 1.78. The molecule has 380 valence electrons. The molecule has 3 unspecified atom stereocenters. The summed E-state index contributed by atoms with van der Waals surface area (Å²) in [6.45, 7) is 3.74. The predicted octanol–water partition coefficient (Wildman–Crippen LogP) is 16.7. The second kappa shape index (κ2) is 14.0. The van der Waals surface area contributed by atoms with E-state index in [1.807, 2.05) is 0 Å². The van der Waals surface area contributed by atoms with E-state index in [0.717, 1.165) is 66.5 Å². The van der Waals surface area contributed by atoms with E-state index in [9.17, 15) is 0 Å². The third-order valence-corrected chi connectivity index (χ3v) is 21.7. The van der Waals surface area contributed by atoms with Crippen LogP contribution in [0.25, 0.3) is 130 Å². The van der Waals surface area contributed by atoms with Gasteiger partial charge >= 0.3 is 0 Å². The van der Waals surface area contributed by atoms with E-state index in [1.54, 1.807) is 126 Å². The van der Waals surface area contributed by atoms with Gasteiger partial charge in [0.05, 0.1) is 19.8 Å². The standard InChI is InChI=1S/C76H49N3O2/c1-80-27-28-81-26-25-77-37-53-52-35-44-33-41-31-42-30-39-29-40-32-43-34-45-36-76(53,74-60(45)65-59(43)64-55(40)54(39)62-58(42)63-56(41)57(44)66-61(52)73(74)72-70(65)68(64)67(62)69(63)71(66)72)75(77)38-17-19-49(20-18-38)79(48-15-9-4-10-16-48)51-23-21-50(22-24-51)78(46-11-5-2-6-12-46)47-13-7-3-8-14-47/h2-24,29-32,34,53,75H,25-28,33,35-37H2,1H3. The zero-order chi connectivity index (χ0) is 52.0. The van der Waals surface area contributed by atoms with E-state index in [2.05, 4.69) is 185 Å². The lowest BCUT2D eigenvalue weighted by molar-refractivity contribution is 0.0525. The molecule has 1 heterocycles. The van der Waals surface area contributed by atoms with Crippen molar-refractivity contribution in [2.45, 2.75) is 30.7 Å². The fourth-order valence-corrected chi connectivity index (χ4v) is 19.4. The average molecular weight is 1040 g/mol. The molecule has 1 saturated heterocycles. The Morgan fingerprint density at radius 2 is 0.901 bits per heavy atom. The van der Waals surface area contributed by atoms with E-state index < -0.39 is 0 Å². The van der Waals surface area contributed by atoms with Crippen molar-refractivity contribution in [3.05, 3.63) is 203 Å². The molecule has 5 nitrogen and oxygen atoms in total. The van der Waals surface area contributed by atoms with Crippen LogP contribution < -0.4 is 20.2 Å². The van der Waals surface area contributed by atoms with Crippen LogP contribution in [0.2, 0.25) is 0 Å². The monoisotopic (exact) mass is 1040 g/mol. The molecule has 0 aromatic heterocycles. The fourth-order valence-electron chi connectivity index (χ4n) is 19.4. The topological polar surface area (TPSA) is 28.2 Å². The molecule has 0 bridgehead atoms. The Bertz CT molecular complexity index is 5560. The summed E-state index contributed by atoms with van der Waals surface area (Å²) >= 11 is 0. The maximum atomic E-state index is 6.48. The number of nitrogens with zero attached hydrogens (tertiary/aromatic N) is 3. The van der Waals surface area contributed by atoms with E-state index >= 15 is 0 Å². The van der Waals surface area contributed by atoms with Crippen LogP contribution in [0.1, 0.15) is 34.7 Å². The predicted molar refractivity (Wildman–Crippen MR) is 336 cm³/mol. The number of hydrogen-bond donors (Lipinski definition) is 0. The summed E-state index contributed by atoms with van der Waals surface area (Å²) < 4.78 is 12.0. The highest BCUT2D eigenvalue weighted by Gasteiger charge is 2.62. The normalized spacial score (nSPS) is 19.5. The van der Waals surface area contributed by atoms with Gasteiger partial charge in [-0.05, 0) is 261 Å². The maximum absolute atomic E-state index is 6.48. The summed E-state index contributed by atoms with van der Waals surface area (Å²) in [5.74, 6) is 0.350. The van der Waals surface area contributed by atoms with Gasteiger partial charge in [0.2, 0.25) is 0 Å². The highest BCUT2D eigenvalue weighted by molar-refractivity contribution is 6.64. The first-order valence-corrected chi connectivity index (χ1v) is 29.5. The van der Waals surface area contributed by atoms with Crippen molar-refractivity contribution in [1.29, 1.82) is 0 Å². The average Bonchev–Trinajstić information content (AvgIpc) is 1.61. The third-order valence-electron chi connectivity index (χ3n) is 21.7. The first kappa shape index (κ1) is 42.1. The van der Waals surface area contributed by atoms with Crippen LogP contribution in [0, 0.1) is 5.92 Å². The molecule has 1 spiro atoms. The molecular weight excluding hydrogens is 987 g/mol. The van der Waals surface area contributed by atoms with Crippen LogP contribution in [0.15, 0.2) is 170 Å². The highest BCUT2D eigenvalue weighted by atomic mass is 16.5. The third kappa shape index (κ3) is 4.56. The number of anilines is 6. The molecule has 5 aliphatic rings. The summed E-state index contributed by atoms with van der Waals surface area (Å²) in [6, 6.07) is 64.5. The van der Waals surface area contributed by atoms with Gasteiger partial charge in [-0.25, -0.2) is 0 Å². The number of hydrogen-bond acceptors (Lipinski definition) is 5. The van der Waals surface area contributed by atoms with Crippen molar-refractivity contribution in [2.75, 3.05) is 49.8 Å². The smallest absolute Gasteiger partial charge is 0.0700 e. The van der Waals surface area contributed by atoms with E-state index in [-0.39, 0.29) is 11.5 Å². The van der Waals surface area contributed by atoms with Gasteiger partial charge in [-0.2, -0.15) is 0 Å². The molecular formula is C76H49N3O2. The molecule has 17 aromatic carbocycles. The fraction of sp³-hybridized carbons (Fsp3) is 0.158. The number of ether oxygens (including phenoxy) is 2. The molecule has 0 N–H and O–H groups in total. The molecule has 0 amide bonds. The highest BCUT2D eigenvalue weighted by Crippen LogP contribution is 2.70. The molecule has 22 rings (SSSR count). The van der Waals surface area contributed by atoms with Crippen molar-refractivity contribution in [1.82, 2.24) is 4.90 Å². The van der Waals surface area contributed by atoms with Gasteiger partial charge in [0.15, 0.2) is 0 Å². The minimum absolute atomic E-state index is 0.129. The Balaban J connectivity index is 0.779. The number of para-hydroxylation sites is 3. The van der Waals surface area contributed by atoms with E-state index in [1.165, 1.54) is 43.3 Å². The van der Waals surface area contributed by atoms with E-state index in [0.29, 0.717) is 25.7 Å². The van der Waals surface area contributed by atoms with Crippen molar-refractivity contribution in [3.63, 3.8) is 0 Å². The minimum Gasteiger partial charge on any atom is -0.382 e. The largest absolute Gasteiger partial charge is 0.382 e. The van der Waals surface area contributed by atoms with Crippen LogP contribution in [0.3, 0.4) is 0 Å². The Morgan fingerprint density at radius 3 is 1.48 bits per heavy atom. The van der Waals surface area contributed by atoms with Gasteiger partial charge in [0, 0.05) is 71.7 Å².